The van der Waals surface area contributed by atoms with Crippen molar-refractivity contribution in [2.24, 2.45) is 52.3 Å². The lowest BCUT2D eigenvalue weighted by molar-refractivity contribution is -0.313. The van der Waals surface area contributed by atoms with E-state index in [2.05, 4.69) is 13.8 Å². The van der Waals surface area contributed by atoms with Gasteiger partial charge in [-0.05, 0) is 97.7 Å². The van der Waals surface area contributed by atoms with Crippen LogP contribution in [-0.2, 0) is 43.0 Å². The van der Waals surface area contributed by atoms with Gasteiger partial charge in [0.2, 0.25) is 0 Å². The van der Waals surface area contributed by atoms with E-state index >= 15 is 0 Å². The van der Waals surface area contributed by atoms with Crippen LogP contribution in [0.1, 0.15) is 86.0 Å². The summed E-state index contributed by atoms with van der Waals surface area (Å²) in [5, 5.41) is 65.6. The minimum atomic E-state index is -4.85. The first-order valence-corrected chi connectivity index (χ1v) is 22.0. The first kappa shape index (κ1) is 44.9. The van der Waals surface area contributed by atoms with Gasteiger partial charge >= 0.3 is 10.4 Å². The second kappa shape index (κ2) is 17.4. The fraction of sp³-hybridized carbons (Fsp3) is 1.00. The third-order valence-corrected chi connectivity index (χ3v) is 15.9. The number of aliphatic hydroxyl groups excluding tert-OH is 6. The summed E-state index contributed by atoms with van der Waals surface area (Å²) in [5.41, 5.74) is -0.835. The van der Waals surface area contributed by atoms with E-state index in [1.54, 1.807) is 0 Å². The molecule has 21 atom stereocenters. The number of ether oxygens (including phenoxy) is 6. The summed E-state index contributed by atoms with van der Waals surface area (Å²) in [4.78, 5) is 0. The van der Waals surface area contributed by atoms with Gasteiger partial charge in [-0.1, -0.05) is 34.6 Å². The minimum Gasteiger partial charge on any atom is -0.394 e. The van der Waals surface area contributed by atoms with E-state index < -0.39 is 102 Å². The highest BCUT2D eigenvalue weighted by molar-refractivity contribution is 7.80. The molecule has 0 aromatic heterocycles. The predicted molar refractivity (Wildman–Crippen MR) is 198 cm³/mol. The molecule has 0 bridgehead atoms. The fourth-order valence-electron chi connectivity index (χ4n) is 12.6. The Morgan fingerprint density at radius 1 is 0.804 bits per heavy atom. The Morgan fingerprint density at radius 2 is 1.50 bits per heavy atom. The van der Waals surface area contributed by atoms with E-state index in [9.17, 15) is 43.6 Å². The van der Waals surface area contributed by atoms with Crippen molar-refractivity contribution in [3.63, 3.8) is 0 Å². The van der Waals surface area contributed by atoms with Gasteiger partial charge in [-0.2, -0.15) is 8.42 Å². The zero-order valence-corrected chi connectivity index (χ0v) is 34.6. The highest BCUT2D eigenvalue weighted by atomic mass is 32.3. The Morgan fingerprint density at radius 3 is 2.12 bits per heavy atom. The van der Waals surface area contributed by atoms with Gasteiger partial charge in [-0.25, -0.2) is 4.18 Å². The first-order valence-electron chi connectivity index (χ1n) is 20.6. The Balaban J connectivity index is 1.15. The lowest BCUT2D eigenvalue weighted by Crippen LogP contribution is -2.64. The summed E-state index contributed by atoms with van der Waals surface area (Å²) in [7, 11) is -1.97. The topological polar surface area (TPSA) is 240 Å². The number of fused-ring (bicyclic) bond motifs is 5. The third-order valence-electron chi connectivity index (χ3n) is 15.4. The monoisotopic (exact) mass is 824 g/mol. The van der Waals surface area contributed by atoms with Crippen molar-refractivity contribution >= 4 is 10.4 Å². The predicted octanol–water partition coefficient (Wildman–Crippen LogP) is 1.41. The number of aliphatic hydroxyl groups is 6. The van der Waals surface area contributed by atoms with Gasteiger partial charge in [0.15, 0.2) is 12.6 Å². The Bertz CT molecular complexity index is 1420. The van der Waals surface area contributed by atoms with E-state index in [1.165, 1.54) is 14.2 Å². The molecule has 0 aromatic carbocycles. The van der Waals surface area contributed by atoms with Crippen molar-refractivity contribution in [3.8, 4) is 0 Å². The molecule has 16 nitrogen and oxygen atoms in total. The molecule has 6 rings (SSSR count). The Labute approximate surface area is 331 Å². The molecule has 0 spiro atoms. The second-order valence-corrected chi connectivity index (χ2v) is 19.7. The molecule has 2 aliphatic heterocycles. The molecule has 0 amide bonds. The first-order chi connectivity index (χ1) is 26.3. The second-order valence-electron chi connectivity index (χ2n) is 18.6. The molecule has 6 fully saturated rings. The lowest BCUT2D eigenvalue weighted by atomic mass is 9.43. The largest absolute Gasteiger partial charge is 0.397 e. The molecule has 2 heterocycles. The maximum Gasteiger partial charge on any atom is 0.397 e. The molecule has 0 radical (unpaired) electrons. The summed E-state index contributed by atoms with van der Waals surface area (Å²) in [6.07, 6.45) is -7.39. The summed E-state index contributed by atoms with van der Waals surface area (Å²) < 4.78 is 74.6. The molecule has 21 unspecified atom stereocenters. The van der Waals surface area contributed by atoms with Crippen LogP contribution in [0.3, 0.4) is 0 Å². The van der Waals surface area contributed by atoms with Crippen LogP contribution in [0.25, 0.3) is 0 Å². The molecular weight excluding hydrogens is 756 g/mol. The molecule has 7 N–H and O–H groups in total. The Hall–Kier alpha value is -0.610. The maximum atomic E-state index is 12.1. The van der Waals surface area contributed by atoms with Gasteiger partial charge in [0.1, 0.15) is 36.6 Å². The van der Waals surface area contributed by atoms with Crippen molar-refractivity contribution in [2.45, 2.75) is 166 Å². The lowest BCUT2D eigenvalue weighted by Gasteiger charge is -2.63. The van der Waals surface area contributed by atoms with E-state index in [1.807, 2.05) is 20.8 Å². The quantitative estimate of drug-likeness (QED) is 0.123. The number of methoxy groups -OCH3 is 2. The average molecular weight is 825 g/mol. The van der Waals surface area contributed by atoms with Gasteiger partial charge in [-0.3, -0.25) is 4.55 Å². The molecule has 17 heteroatoms. The standard InChI is InChI=1S/C39H68O16S/c1-18(2)25(52-37-35(32(44)27(16-40)53-37)54-36-34(50-7)33(45)28(49-6)17-51-36)9-8-19(3)22-15-24(42)29-20-14-26(55-56(46,47)48)30-31(43)23(41)11-13-38(30,4)21(20)10-12-39(22,29)5/h18-37,40-45H,8-17H2,1-7H3,(H,46,47,48). The van der Waals surface area contributed by atoms with Gasteiger partial charge in [0.05, 0.1) is 43.7 Å². The fourth-order valence-corrected chi connectivity index (χ4v) is 13.1. The summed E-state index contributed by atoms with van der Waals surface area (Å²) in [5.74, 6) is -0.558. The molecule has 6 aliphatic rings. The van der Waals surface area contributed by atoms with E-state index in [-0.39, 0.29) is 60.1 Å². The molecule has 0 aromatic rings. The van der Waals surface area contributed by atoms with Crippen LogP contribution in [-0.4, -0.2) is 151 Å². The smallest absolute Gasteiger partial charge is 0.394 e. The minimum absolute atomic E-state index is 0.0340. The van der Waals surface area contributed by atoms with Crippen molar-refractivity contribution in [3.05, 3.63) is 0 Å². The van der Waals surface area contributed by atoms with Gasteiger partial charge < -0.3 is 59.1 Å². The van der Waals surface area contributed by atoms with Crippen molar-refractivity contribution in [2.75, 3.05) is 27.4 Å². The molecule has 56 heavy (non-hydrogen) atoms. The third kappa shape index (κ3) is 8.36. The Kier molecular flexibility index (Phi) is 14.0. The molecule has 4 saturated carbocycles. The van der Waals surface area contributed by atoms with Gasteiger partial charge in [0, 0.05) is 20.1 Å². The van der Waals surface area contributed by atoms with Gasteiger partial charge in [0.25, 0.3) is 0 Å². The molecular formula is C39H68O16S. The van der Waals surface area contributed by atoms with Crippen molar-refractivity contribution < 1.29 is 76.2 Å². The van der Waals surface area contributed by atoms with Crippen LogP contribution in [0.2, 0.25) is 0 Å². The normalized spacial score (nSPS) is 49.3. The van der Waals surface area contributed by atoms with Crippen LogP contribution < -0.4 is 0 Å². The van der Waals surface area contributed by atoms with Crippen LogP contribution in [0.15, 0.2) is 0 Å². The summed E-state index contributed by atoms with van der Waals surface area (Å²) in [6, 6.07) is 0. The zero-order valence-electron chi connectivity index (χ0n) is 33.8. The van der Waals surface area contributed by atoms with Crippen LogP contribution >= 0.6 is 0 Å². The number of hydrogen-bond acceptors (Lipinski definition) is 15. The van der Waals surface area contributed by atoms with Crippen LogP contribution in [0, 0.1) is 52.3 Å². The molecule has 4 aliphatic carbocycles. The number of rotatable bonds is 14. The highest BCUT2D eigenvalue weighted by Gasteiger charge is 2.67. The van der Waals surface area contributed by atoms with Crippen molar-refractivity contribution in [1.82, 2.24) is 0 Å². The molecule has 326 valence electrons. The van der Waals surface area contributed by atoms with E-state index in [0.717, 1.165) is 19.3 Å². The highest BCUT2D eigenvalue weighted by Crippen LogP contribution is 2.69. The number of hydrogen-bond donors (Lipinski definition) is 7. The maximum absolute atomic E-state index is 12.1. The van der Waals surface area contributed by atoms with Crippen LogP contribution in [0.4, 0.5) is 0 Å². The van der Waals surface area contributed by atoms with Gasteiger partial charge in [-0.15, -0.1) is 0 Å². The zero-order chi connectivity index (χ0) is 41.1. The van der Waals surface area contributed by atoms with Crippen molar-refractivity contribution in [1.29, 1.82) is 0 Å². The summed E-state index contributed by atoms with van der Waals surface area (Å²) in [6.45, 7) is 10.1. The molecule has 2 saturated heterocycles. The SMILES string of the molecule is COC1COC(OC2C(OC(CCC(C)C3CC(O)C4C5CC(OS(=O)(=O)O)C6C(O)C(O)CCC6(C)C5CCC34C)C(C)C)OC(CO)C2O)C(OC)C1O. The van der Waals surface area contributed by atoms with E-state index in [0.29, 0.717) is 25.7 Å². The van der Waals surface area contributed by atoms with E-state index in [4.69, 9.17) is 32.6 Å². The van der Waals surface area contributed by atoms with Crippen LogP contribution in [0.5, 0.6) is 0 Å². The summed E-state index contributed by atoms with van der Waals surface area (Å²) >= 11 is 0. The average Bonchev–Trinajstić information content (AvgIpc) is 3.58.